The van der Waals surface area contributed by atoms with Crippen molar-refractivity contribution >= 4 is 27.3 Å². The van der Waals surface area contributed by atoms with Crippen LogP contribution in [0.1, 0.15) is 27.4 Å². The van der Waals surface area contributed by atoms with Crippen LogP contribution >= 0.6 is 11.6 Å². The fraction of sp³-hybridized carbons (Fsp3) is 0.150. The zero-order chi connectivity index (χ0) is 22.8. The van der Waals surface area contributed by atoms with Crippen LogP contribution in [-0.4, -0.2) is 14.3 Å². The standard InChI is InChI=1S/C20H14ClF4NO4S/c21-16-9-15(6-7-17(16)22)31(28,29)11-14-5-8-18(30-14)19(27)26-10-12-1-3-13(4-2-12)20(23,24)25/h1-9H,10-11H2,(H,26,27). The Morgan fingerprint density at radius 2 is 1.71 bits per heavy atom. The molecule has 2 aromatic carbocycles. The quantitative estimate of drug-likeness (QED) is 0.402. The Bertz CT molecular complexity index is 1200. The number of amides is 1. The van der Waals surface area contributed by atoms with E-state index in [1.165, 1.54) is 24.3 Å². The highest BCUT2D eigenvalue weighted by Gasteiger charge is 2.30. The molecule has 0 unspecified atom stereocenters. The molecule has 0 radical (unpaired) electrons. The highest BCUT2D eigenvalue weighted by atomic mass is 35.5. The van der Waals surface area contributed by atoms with Crippen molar-refractivity contribution in [1.82, 2.24) is 5.32 Å². The highest BCUT2D eigenvalue weighted by Crippen LogP contribution is 2.29. The highest BCUT2D eigenvalue weighted by molar-refractivity contribution is 7.90. The van der Waals surface area contributed by atoms with Crippen molar-refractivity contribution in [3.63, 3.8) is 0 Å². The number of hydrogen-bond donors (Lipinski definition) is 1. The molecule has 1 amide bonds. The van der Waals surface area contributed by atoms with Crippen molar-refractivity contribution < 1.29 is 35.2 Å². The summed E-state index contributed by atoms with van der Waals surface area (Å²) in [7, 11) is -3.90. The number of halogens is 5. The minimum absolute atomic E-state index is 0.0277. The zero-order valence-corrected chi connectivity index (χ0v) is 17.1. The van der Waals surface area contributed by atoms with Gasteiger partial charge >= 0.3 is 6.18 Å². The van der Waals surface area contributed by atoms with Gasteiger partial charge in [0.15, 0.2) is 15.6 Å². The van der Waals surface area contributed by atoms with Gasteiger partial charge < -0.3 is 9.73 Å². The fourth-order valence-electron chi connectivity index (χ4n) is 2.60. The number of carbonyl (C=O) groups is 1. The van der Waals surface area contributed by atoms with E-state index >= 15 is 0 Å². The number of alkyl halides is 3. The molecule has 3 aromatic rings. The molecule has 5 nitrogen and oxygen atoms in total. The van der Waals surface area contributed by atoms with Crippen LogP contribution in [0.25, 0.3) is 0 Å². The molecule has 1 aromatic heterocycles. The van der Waals surface area contributed by atoms with Crippen molar-refractivity contribution in [2.24, 2.45) is 0 Å². The van der Waals surface area contributed by atoms with Crippen molar-refractivity contribution in [1.29, 1.82) is 0 Å². The van der Waals surface area contributed by atoms with E-state index in [0.717, 1.165) is 30.3 Å². The van der Waals surface area contributed by atoms with Gasteiger partial charge in [-0.15, -0.1) is 0 Å². The first-order valence-electron chi connectivity index (χ1n) is 8.66. The second kappa shape index (κ2) is 8.72. The molecule has 0 saturated carbocycles. The Balaban J connectivity index is 1.63. The van der Waals surface area contributed by atoms with E-state index in [1.807, 2.05) is 0 Å². The molecular formula is C20H14ClF4NO4S. The van der Waals surface area contributed by atoms with Crippen LogP contribution in [0, 0.1) is 5.82 Å². The van der Waals surface area contributed by atoms with Gasteiger partial charge in [0, 0.05) is 6.54 Å². The van der Waals surface area contributed by atoms with Gasteiger partial charge in [-0.2, -0.15) is 13.2 Å². The van der Waals surface area contributed by atoms with Gasteiger partial charge in [-0.3, -0.25) is 4.79 Å². The molecule has 1 N–H and O–H groups in total. The SMILES string of the molecule is O=C(NCc1ccc(C(F)(F)F)cc1)c1ccc(CS(=O)(=O)c2ccc(F)c(Cl)c2)o1. The third-order valence-electron chi connectivity index (χ3n) is 4.20. The first-order valence-corrected chi connectivity index (χ1v) is 10.7. The van der Waals surface area contributed by atoms with E-state index in [2.05, 4.69) is 5.32 Å². The number of carbonyl (C=O) groups excluding carboxylic acids is 1. The molecule has 31 heavy (non-hydrogen) atoms. The number of rotatable bonds is 6. The fourth-order valence-corrected chi connectivity index (χ4v) is 4.11. The average Bonchev–Trinajstić information content (AvgIpc) is 3.15. The number of benzene rings is 2. The molecule has 0 atom stereocenters. The monoisotopic (exact) mass is 475 g/mol. The maximum Gasteiger partial charge on any atom is 0.416 e. The smallest absolute Gasteiger partial charge is 0.416 e. The van der Waals surface area contributed by atoms with Crippen LogP contribution < -0.4 is 5.32 Å². The lowest BCUT2D eigenvalue weighted by Crippen LogP contribution is -2.22. The Kier molecular flexibility index (Phi) is 6.42. The molecule has 0 saturated heterocycles. The third kappa shape index (κ3) is 5.65. The van der Waals surface area contributed by atoms with E-state index in [9.17, 15) is 30.8 Å². The summed E-state index contributed by atoms with van der Waals surface area (Å²) in [6, 6.07) is 9.81. The van der Waals surface area contributed by atoms with E-state index in [-0.39, 0.29) is 28.0 Å². The van der Waals surface area contributed by atoms with Crippen molar-refractivity contribution in [2.45, 2.75) is 23.4 Å². The van der Waals surface area contributed by atoms with E-state index in [1.54, 1.807) is 0 Å². The van der Waals surface area contributed by atoms with Crippen LogP contribution in [0.2, 0.25) is 5.02 Å². The molecule has 1 heterocycles. The van der Waals surface area contributed by atoms with Crippen LogP contribution in [0.4, 0.5) is 17.6 Å². The van der Waals surface area contributed by atoms with Gasteiger partial charge in [-0.25, -0.2) is 12.8 Å². The van der Waals surface area contributed by atoms with Crippen molar-refractivity contribution in [3.05, 3.63) is 88.1 Å². The maximum absolute atomic E-state index is 13.2. The summed E-state index contributed by atoms with van der Waals surface area (Å²) in [5.74, 6) is -2.21. The summed E-state index contributed by atoms with van der Waals surface area (Å²) < 4.78 is 81.1. The second-order valence-electron chi connectivity index (χ2n) is 6.48. The first-order chi connectivity index (χ1) is 14.5. The Labute approximate surface area is 179 Å². The second-order valence-corrected chi connectivity index (χ2v) is 8.88. The number of hydrogen-bond acceptors (Lipinski definition) is 4. The average molecular weight is 476 g/mol. The van der Waals surface area contributed by atoms with Gasteiger partial charge in [-0.05, 0) is 48.0 Å². The molecule has 164 valence electrons. The van der Waals surface area contributed by atoms with Crippen LogP contribution in [0.15, 0.2) is 63.9 Å². The maximum atomic E-state index is 13.2. The van der Waals surface area contributed by atoms with Gasteiger partial charge in [-0.1, -0.05) is 23.7 Å². The van der Waals surface area contributed by atoms with E-state index in [4.69, 9.17) is 16.0 Å². The molecule has 0 aliphatic rings. The van der Waals surface area contributed by atoms with Gasteiger partial charge in [0.05, 0.1) is 15.5 Å². The molecule has 0 bridgehead atoms. The van der Waals surface area contributed by atoms with Gasteiger partial charge in [0.2, 0.25) is 0 Å². The lowest BCUT2D eigenvalue weighted by Gasteiger charge is -2.08. The van der Waals surface area contributed by atoms with Crippen LogP contribution in [0.3, 0.4) is 0 Å². The molecule has 0 spiro atoms. The lowest BCUT2D eigenvalue weighted by molar-refractivity contribution is -0.137. The largest absolute Gasteiger partial charge is 0.455 e. The van der Waals surface area contributed by atoms with Crippen LogP contribution in [-0.2, 0) is 28.3 Å². The van der Waals surface area contributed by atoms with Crippen molar-refractivity contribution in [3.8, 4) is 0 Å². The number of sulfone groups is 1. The minimum Gasteiger partial charge on any atom is -0.455 e. The summed E-state index contributed by atoms with van der Waals surface area (Å²) in [6.07, 6.45) is -4.45. The summed E-state index contributed by atoms with van der Waals surface area (Å²) in [6.45, 7) is -0.0562. The van der Waals surface area contributed by atoms with Crippen molar-refractivity contribution in [2.75, 3.05) is 0 Å². The normalized spacial score (nSPS) is 12.0. The lowest BCUT2D eigenvalue weighted by atomic mass is 10.1. The summed E-state index contributed by atoms with van der Waals surface area (Å²) >= 11 is 5.61. The van der Waals surface area contributed by atoms with E-state index < -0.39 is 39.1 Å². The van der Waals surface area contributed by atoms with Gasteiger partial charge in [0.25, 0.3) is 5.91 Å². The summed E-state index contributed by atoms with van der Waals surface area (Å²) in [5, 5.41) is 2.13. The Hall–Kier alpha value is -2.85. The predicted octanol–water partition coefficient (Wildman–Crippen LogP) is 4.99. The molecule has 0 fully saturated rings. The molecular weight excluding hydrogens is 462 g/mol. The minimum atomic E-state index is -4.45. The third-order valence-corrected chi connectivity index (χ3v) is 6.13. The molecule has 3 rings (SSSR count). The zero-order valence-electron chi connectivity index (χ0n) is 15.5. The van der Waals surface area contributed by atoms with E-state index in [0.29, 0.717) is 5.56 Å². The summed E-state index contributed by atoms with van der Waals surface area (Å²) in [5.41, 5.74) is -0.370. The first kappa shape index (κ1) is 22.8. The topological polar surface area (TPSA) is 76.4 Å². The Morgan fingerprint density at radius 3 is 2.32 bits per heavy atom. The molecule has 0 aliphatic carbocycles. The molecule has 0 aliphatic heterocycles. The number of furan rings is 1. The number of nitrogens with one attached hydrogen (secondary N) is 1. The van der Waals surface area contributed by atoms with Crippen LogP contribution in [0.5, 0.6) is 0 Å². The van der Waals surface area contributed by atoms with Gasteiger partial charge in [0.1, 0.15) is 17.3 Å². The summed E-state index contributed by atoms with van der Waals surface area (Å²) in [4.78, 5) is 12.0. The Morgan fingerprint density at radius 1 is 1.03 bits per heavy atom. The molecule has 11 heteroatoms. The predicted molar refractivity (Wildman–Crippen MR) is 104 cm³/mol.